The maximum absolute atomic E-state index is 11.1. The predicted octanol–water partition coefficient (Wildman–Crippen LogP) is 4.66. The Hall–Kier alpha value is -0.570. The molecule has 0 heterocycles. The van der Waals surface area contributed by atoms with Crippen molar-refractivity contribution < 1.29 is 9.90 Å². The highest BCUT2D eigenvalue weighted by Crippen LogP contribution is 2.23. The lowest BCUT2D eigenvalue weighted by Gasteiger charge is -2.25. The number of hydrogen-bond donors (Lipinski definition) is 1. The van der Waals surface area contributed by atoms with Crippen LogP contribution >= 0.6 is 0 Å². The molecule has 0 atom stereocenters. The maximum Gasteiger partial charge on any atom is 0.309 e. The van der Waals surface area contributed by atoms with E-state index in [-0.39, 0.29) is 0 Å². The largest absolute Gasteiger partial charge is 0.481 e. The molecule has 126 valence electrons. The Bertz CT molecular complexity index is 273. The van der Waals surface area contributed by atoms with E-state index in [0.29, 0.717) is 0 Å². The van der Waals surface area contributed by atoms with Crippen LogP contribution in [0, 0.1) is 17.3 Å². The molecule has 1 N–H and O–H groups in total. The number of rotatable bonds is 12. The van der Waals surface area contributed by atoms with Gasteiger partial charge in [-0.25, -0.2) is 0 Å². The van der Waals surface area contributed by atoms with Crippen molar-refractivity contribution in [2.45, 2.75) is 73.6 Å². The Balaban J connectivity index is 4.07. The van der Waals surface area contributed by atoms with E-state index in [4.69, 9.17) is 5.11 Å². The van der Waals surface area contributed by atoms with Gasteiger partial charge in [-0.05, 0) is 71.0 Å². The summed E-state index contributed by atoms with van der Waals surface area (Å²) in [6.07, 6.45) is 5.37. The van der Waals surface area contributed by atoms with Gasteiger partial charge in [-0.15, -0.1) is 0 Å². The molecule has 0 amide bonds. The smallest absolute Gasteiger partial charge is 0.309 e. The van der Waals surface area contributed by atoms with Crippen molar-refractivity contribution in [3.8, 4) is 0 Å². The van der Waals surface area contributed by atoms with Gasteiger partial charge in [-0.2, -0.15) is 0 Å². The molecule has 0 aliphatic rings. The van der Waals surface area contributed by atoms with E-state index in [1.807, 2.05) is 13.8 Å². The Morgan fingerprint density at radius 3 is 1.81 bits per heavy atom. The van der Waals surface area contributed by atoms with Crippen molar-refractivity contribution in [3.05, 3.63) is 0 Å². The zero-order valence-corrected chi connectivity index (χ0v) is 15.1. The van der Waals surface area contributed by atoms with Crippen LogP contribution in [0.25, 0.3) is 0 Å². The normalized spacial score (nSPS) is 12.6. The van der Waals surface area contributed by atoms with E-state index in [0.717, 1.165) is 37.6 Å². The van der Waals surface area contributed by atoms with Gasteiger partial charge in [0, 0.05) is 0 Å². The lowest BCUT2D eigenvalue weighted by Crippen LogP contribution is -2.29. The van der Waals surface area contributed by atoms with Gasteiger partial charge >= 0.3 is 5.97 Å². The first-order valence-electron chi connectivity index (χ1n) is 8.61. The molecule has 0 bridgehead atoms. The van der Waals surface area contributed by atoms with E-state index in [2.05, 4.69) is 32.6 Å². The molecule has 0 aromatic carbocycles. The summed E-state index contributed by atoms with van der Waals surface area (Å²) in [5.41, 5.74) is -0.583. The zero-order chi connectivity index (χ0) is 16.5. The summed E-state index contributed by atoms with van der Waals surface area (Å²) in [5, 5.41) is 9.13. The van der Waals surface area contributed by atoms with Crippen molar-refractivity contribution in [3.63, 3.8) is 0 Å². The summed E-state index contributed by atoms with van der Waals surface area (Å²) < 4.78 is 0. The van der Waals surface area contributed by atoms with Crippen molar-refractivity contribution in [1.82, 2.24) is 4.90 Å². The van der Waals surface area contributed by atoms with Gasteiger partial charge in [0.25, 0.3) is 0 Å². The number of carboxylic acid groups (broad SMARTS) is 1. The molecule has 0 rings (SSSR count). The highest BCUT2D eigenvalue weighted by Gasteiger charge is 2.26. The van der Waals surface area contributed by atoms with Gasteiger partial charge in [-0.1, -0.05) is 34.1 Å². The first kappa shape index (κ1) is 20.4. The number of unbranched alkanes of at least 4 members (excludes halogenated alkanes) is 1. The molecule has 3 nitrogen and oxygen atoms in total. The average molecular weight is 299 g/mol. The SMILES string of the molecule is CC(C)CCN(CCCCC(C)(C)C(=O)O)CCC(C)C. The van der Waals surface area contributed by atoms with Crippen LogP contribution in [0.5, 0.6) is 0 Å². The molecule has 0 radical (unpaired) electrons. The average Bonchev–Trinajstić information content (AvgIpc) is 2.35. The fourth-order valence-electron chi connectivity index (χ4n) is 2.23. The topological polar surface area (TPSA) is 40.5 Å². The third-order valence-electron chi connectivity index (χ3n) is 4.15. The summed E-state index contributed by atoms with van der Waals surface area (Å²) in [6, 6.07) is 0. The van der Waals surface area contributed by atoms with Gasteiger partial charge in [-0.3, -0.25) is 4.79 Å². The summed E-state index contributed by atoms with van der Waals surface area (Å²) >= 11 is 0. The molecule has 0 saturated heterocycles. The van der Waals surface area contributed by atoms with Crippen molar-refractivity contribution in [2.75, 3.05) is 19.6 Å². The number of carboxylic acids is 1. The van der Waals surface area contributed by atoms with Crippen molar-refractivity contribution >= 4 is 5.97 Å². The summed E-state index contributed by atoms with van der Waals surface area (Å²) in [4.78, 5) is 13.7. The highest BCUT2D eigenvalue weighted by atomic mass is 16.4. The molecule has 0 aliphatic carbocycles. The van der Waals surface area contributed by atoms with E-state index >= 15 is 0 Å². The molecule has 3 heteroatoms. The summed E-state index contributed by atoms with van der Waals surface area (Å²) in [7, 11) is 0. The van der Waals surface area contributed by atoms with Crippen molar-refractivity contribution in [2.24, 2.45) is 17.3 Å². The molecular weight excluding hydrogens is 262 g/mol. The monoisotopic (exact) mass is 299 g/mol. The molecule has 0 aliphatic heterocycles. The minimum atomic E-state index is -0.682. The van der Waals surface area contributed by atoms with Crippen LogP contribution in [-0.4, -0.2) is 35.6 Å². The zero-order valence-electron chi connectivity index (χ0n) is 15.1. The predicted molar refractivity (Wildman–Crippen MR) is 90.6 cm³/mol. The number of carbonyl (C=O) groups is 1. The highest BCUT2D eigenvalue weighted by molar-refractivity contribution is 5.73. The summed E-state index contributed by atoms with van der Waals surface area (Å²) in [6.45, 7) is 16.2. The standard InChI is InChI=1S/C18H37NO2/c1-15(2)9-13-19(14-10-16(3)4)12-8-7-11-18(5,6)17(20)21/h15-16H,7-14H2,1-6H3,(H,20,21). The fraction of sp³-hybridized carbons (Fsp3) is 0.944. The minimum Gasteiger partial charge on any atom is -0.481 e. The Morgan fingerprint density at radius 2 is 1.43 bits per heavy atom. The Morgan fingerprint density at radius 1 is 0.952 bits per heavy atom. The van der Waals surface area contributed by atoms with E-state index in [9.17, 15) is 4.79 Å². The lowest BCUT2D eigenvalue weighted by atomic mass is 9.87. The molecule has 0 spiro atoms. The molecule has 21 heavy (non-hydrogen) atoms. The quantitative estimate of drug-likeness (QED) is 0.533. The first-order chi connectivity index (χ1) is 9.65. The van der Waals surface area contributed by atoms with Crippen LogP contribution in [0.2, 0.25) is 0 Å². The van der Waals surface area contributed by atoms with Crippen molar-refractivity contribution in [1.29, 1.82) is 0 Å². The maximum atomic E-state index is 11.1. The van der Waals surface area contributed by atoms with E-state index < -0.39 is 11.4 Å². The van der Waals surface area contributed by atoms with Crippen LogP contribution in [0.15, 0.2) is 0 Å². The number of aliphatic carboxylic acids is 1. The third kappa shape index (κ3) is 10.8. The van der Waals surface area contributed by atoms with Gasteiger partial charge in [0.1, 0.15) is 0 Å². The fourth-order valence-corrected chi connectivity index (χ4v) is 2.23. The number of nitrogens with zero attached hydrogens (tertiary/aromatic N) is 1. The second-order valence-electron chi connectivity index (χ2n) is 7.85. The minimum absolute atomic E-state index is 0.583. The third-order valence-corrected chi connectivity index (χ3v) is 4.15. The van der Waals surface area contributed by atoms with Crippen LogP contribution < -0.4 is 0 Å². The Labute approximate surface area is 132 Å². The van der Waals surface area contributed by atoms with Gasteiger partial charge in [0.05, 0.1) is 5.41 Å². The Kier molecular flexibility index (Phi) is 9.93. The first-order valence-corrected chi connectivity index (χ1v) is 8.61. The van der Waals surface area contributed by atoms with E-state index in [1.165, 1.54) is 25.9 Å². The van der Waals surface area contributed by atoms with Crippen LogP contribution in [0.1, 0.15) is 73.6 Å². The summed E-state index contributed by atoms with van der Waals surface area (Å²) in [5.74, 6) is 0.814. The van der Waals surface area contributed by atoms with Gasteiger partial charge < -0.3 is 10.0 Å². The molecular formula is C18H37NO2. The molecule has 0 unspecified atom stereocenters. The second kappa shape index (κ2) is 10.2. The van der Waals surface area contributed by atoms with Gasteiger partial charge in [0.2, 0.25) is 0 Å². The lowest BCUT2D eigenvalue weighted by molar-refractivity contribution is -0.147. The van der Waals surface area contributed by atoms with Crippen LogP contribution in [0.4, 0.5) is 0 Å². The van der Waals surface area contributed by atoms with Gasteiger partial charge in [0.15, 0.2) is 0 Å². The second-order valence-corrected chi connectivity index (χ2v) is 7.85. The molecule has 0 aromatic heterocycles. The van der Waals surface area contributed by atoms with E-state index in [1.54, 1.807) is 0 Å². The number of hydrogen-bond acceptors (Lipinski definition) is 2. The molecule has 0 aromatic rings. The van der Waals surface area contributed by atoms with Crippen LogP contribution in [0.3, 0.4) is 0 Å². The van der Waals surface area contributed by atoms with Crippen LogP contribution in [-0.2, 0) is 4.79 Å². The molecule has 0 fully saturated rings. The molecule has 0 saturated carbocycles.